The first kappa shape index (κ1) is 15.7. The van der Waals surface area contributed by atoms with E-state index in [-0.39, 0.29) is 0 Å². The molecule has 0 aliphatic carbocycles. The van der Waals surface area contributed by atoms with Crippen molar-refractivity contribution in [2.75, 3.05) is 13.1 Å². The molecule has 1 rings (SSSR count). The van der Waals surface area contributed by atoms with Crippen LogP contribution in [-0.2, 0) is 6.42 Å². The molecule has 1 aromatic rings. The van der Waals surface area contributed by atoms with Gasteiger partial charge >= 0.3 is 0 Å². The third-order valence-electron chi connectivity index (χ3n) is 4.04. The normalized spacial score (nSPS) is 15.3. The first-order valence-corrected chi connectivity index (χ1v) is 8.10. The number of rotatable bonds is 8. The zero-order valence-corrected chi connectivity index (χ0v) is 13.4. The molecule has 2 heteroatoms. The molecular weight excluding hydrogens is 238 g/mol. The quantitative estimate of drug-likeness (QED) is 0.726. The van der Waals surface area contributed by atoms with Gasteiger partial charge in [0, 0.05) is 6.54 Å². The second-order valence-corrected chi connectivity index (χ2v) is 7.25. The molecule has 0 saturated heterocycles. The smallest absolute Gasteiger partial charge is 0.000784 e. The summed E-state index contributed by atoms with van der Waals surface area (Å²) in [6, 6.07) is 2.26. The minimum atomic E-state index is 0.400. The van der Waals surface area contributed by atoms with Crippen LogP contribution in [0.15, 0.2) is 16.8 Å². The lowest BCUT2D eigenvalue weighted by molar-refractivity contribution is 0.189. The number of nitrogens with one attached hydrogen (secondary N) is 1. The fraction of sp³-hybridized carbons (Fsp3) is 0.750. The Balaban J connectivity index is 2.46. The van der Waals surface area contributed by atoms with Gasteiger partial charge in [0.1, 0.15) is 0 Å². The maximum absolute atomic E-state index is 3.64. The topological polar surface area (TPSA) is 12.0 Å². The van der Waals surface area contributed by atoms with E-state index in [9.17, 15) is 0 Å². The van der Waals surface area contributed by atoms with Gasteiger partial charge in [0.15, 0.2) is 0 Å². The average molecular weight is 267 g/mol. The van der Waals surface area contributed by atoms with E-state index in [0.717, 1.165) is 24.9 Å². The van der Waals surface area contributed by atoms with Crippen molar-refractivity contribution in [3.63, 3.8) is 0 Å². The highest BCUT2D eigenvalue weighted by molar-refractivity contribution is 7.07. The number of hydrogen-bond donors (Lipinski definition) is 1. The lowest BCUT2D eigenvalue weighted by Crippen LogP contribution is -2.38. The van der Waals surface area contributed by atoms with Crippen LogP contribution in [0.1, 0.15) is 46.6 Å². The SMILES string of the molecule is CC(C)CNCC(C)(CCc1ccsc1)C(C)C. The Morgan fingerprint density at radius 1 is 1.28 bits per heavy atom. The standard InChI is InChI=1S/C16H29NS/c1-13(2)10-17-12-16(5,14(3)4)8-6-15-7-9-18-11-15/h7,9,11,13-14,17H,6,8,10,12H2,1-5H3. The van der Waals surface area contributed by atoms with E-state index >= 15 is 0 Å². The molecule has 1 nitrogen and oxygen atoms in total. The molecule has 1 heterocycles. The maximum Gasteiger partial charge on any atom is 0.000784 e. The third-order valence-corrected chi connectivity index (χ3v) is 4.77. The lowest BCUT2D eigenvalue weighted by atomic mass is 9.75. The molecule has 0 aliphatic heterocycles. The van der Waals surface area contributed by atoms with E-state index < -0.39 is 0 Å². The molecule has 0 saturated carbocycles. The summed E-state index contributed by atoms with van der Waals surface area (Å²) in [7, 11) is 0. The average Bonchev–Trinajstić information content (AvgIpc) is 2.78. The Labute approximate surface area is 117 Å². The summed E-state index contributed by atoms with van der Waals surface area (Å²) in [5.74, 6) is 1.45. The first-order valence-electron chi connectivity index (χ1n) is 7.16. The van der Waals surface area contributed by atoms with Crippen molar-refractivity contribution in [1.82, 2.24) is 5.32 Å². The van der Waals surface area contributed by atoms with Crippen molar-refractivity contribution in [3.05, 3.63) is 22.4 Å². The molecule has 0 bridgehead atoms. The van der Waals surface area contributed by atoms with Gasteiger partial charge in [-0.2, -0.15) is 11.3 Å². The molecule has 1 aromatic heterocycles. The Morgan fingerprint density at radius 3 is 2.50 bits per heavy atom. The molecule has 1 atom stereocenters. The third kappa shape index (κ3) is 5.11. The van der Waals surface area contributed by atoms with Crippen molar-refractivity contribution < 1.29 is 0 Å². The monoisotopic (exact) mass is 267 g/mol. The molecule has 0 radical (unpaired) electrons. The van der Waals surface area contributed by atoms with Gasteiger partial charge in [-0.3, -0.25) is 0 Å². The van der Waals surface area contributed by atoms with Gasteiger partial charge in [-0.05, 0) is 59.0 Å². The largest absolute Gasteiger partial charge is 0.316 e. The summed E-state index contributed by atoms with van der Waals surface area (Å²) in [5.41, 5.74) is 1.90. The highest BCUT2D eigenvalue weighted by Crippen LogP contribution is 2.32. The lowest BCUT2D eigenvalue weighted by Gasteiger charge is -2.34. The first-order chi connectivity index (χ1) is 8.44. The summed E-state index contributed by atoms with van der Waals surface area (Å²) in [6.07, 6.45) is 2.48. The summed E-state index contributed by atoms with van der Waals surface area (Å²) in [6.45, 7) is 13.9. The molecular formula is C16H29NS. The van der Waals surface area contributed by atoms with Crippen molar-refractivity contribution in [3.8, 4) is 0 Å². The molecule has 18 heavy (non-hydrogen) atoms. The summed E-state index contributed by atoms with van der Waals surface area (Å²) in [4.78, 5) is 0. The minimum absolute atomic E-state index is 0.400. The van der Waals surface area contributed by atoms with Crippen LogP contribution in [0.4, 0.5) is 0 Å². The van der Waals surface area contributed by atoms with Crippen molar-refractivity contribution >= 4 is 11.3 Å². The van der Waals surface area contributed by atoms with Crippen LogP contribution in [0, 0.1) is 17.3 Å². The highest BCUT2D eigenvalue weighted by atomic mass is 32.1. The van der Waals surface area contributed by atoms with Crippen LogP contribution >= 0.6 is 11.3 Å². The van der Waals surface area contributed by atoms with Gasteiger partial charge in [0.25, 0.3) is 0 Å². The molecule has 1 unspecified atom stereocenters. The van der Waals surface area contributed by atoms with E-state index in [2.05, 4.69) is 56.8 Å². The molecule has 0 amide bonds. The van der Waals surface area contributed by atoms with Gasteiger partial charge in [-0.1, -0.05) is 34.6 Å². The van der Waals surface area contributed by atoms with Crippen LogP contribution in [0.2, 0.25) is 0 Å². The van der Waals surface area contributed by atoms with Gasteiger partial charge in [-0.25, -0.2) is 0 Å². The van der Waals surface area contributed by atoms with Gasteiger partial charge in [0.2, 0.25) is 0 Å². The summed E-state index contributed by atoms with van der Waals surface area (Å²) in [5, 5.41) is 8.10. The highest BCUT2D eigenvalue weighted by Gasteiger charge is 2.27. The fourth-order valence-electron chi connectivity index (χ4n) is 2.09. The van der Waals surface area contributed by atoms with E-state index in [1.54, 1.807) is 11.3 Å². The van der Waals surface area contributed by atoms with Crippen molar-refractivity contribution in [1.29, 1.82) is 0 Å². The van der Waals surface area contributed by atoms with Crippen molar-refractivity contribution in [2.45, 2.75) is 47.5 Å². The fourth-order valence-corrected chi connectivity index (χ4v) is 2.80. The van der Waals surface area contributed by atoms with Crippen LogP contribution in [0.25, 0.3) is 0 Å². The minimum Gasteiger partial charge on any atom is -0.316 e. The van der Waals surface area contributed by atoms with Crippen LogP contribution in [0.5, 0.6) is 0 Å². The molecule has 0 spiro atoms. The molecule has 1 N–H and O–H groups in total. The van der Waals surface area contributed by atoms with Gasteiger partial charge < -0.3 is 5.32 Å². The summed E-state index contributed by atoms with van der Waals surface area (Å²) < 4.78 is 0. The predicted octanol–water partition coefficient (Wildman–Crippen LogP) is 4.59. The Kier molecular flexibility index (Phi) is 6.37. The van der Waals surface area contributed by atoms with Crippen molar-refractivity contribution in [2.24, 2.45) is 17.3 Å². The van der Waals surface area contributed by atoms with E-state index in [1.165, 1.54) is 18.4 Å². The predicted molar refractivity (Wildman–Crippen MR) is 83.3 cm³/mol. The zero-order valence-electron chi connectivity index (χ0n) is 12.6. The van der Waals surface area contributed by atoms with Crippen LogP contribution < -0.4 is 5.32 Å². The maximum atomic E-state index is 3.64. The Morgan fingerprint density at radius 2 is 2.00 bits per heavy atom. The van der Waals surface area contributed by atoms with Gasteiger partial charge in [0.05, 0.1) is 0 Å². The van der Waals surface area contributed by atoms with Crippen LogP contribution in [-0.4, -0.2) is 13.1 Å². The zero-order chi connectivity index (χ0) is 13.6. The Bertz CT molecular complexity index is 316. The number of thiophene rings is 1. The molecule has 0 fully saturated rings. The van der Waals surface area contributed by atoms with E-state index in [0.29, 0.717) is 5.41 Å². The molecule has 0 aromatic carbocycles. The molecule has 104 valence electrons. The second kappa shape index (κ2) is 7.30. The van der Waals surface area contributed by atoms with E-state index in [1.807, 2.05) is 0 Å². The Hall–Kier alpha value is -0.340. The number of hydrogen-bond acceptors (Lipinski definition) is 2. The van der Waals surface area contributed by atoms with Crippen LogP contribution in [0.3, 0.4) is 0 Å². The number of aryl methyl sites for hydroxylation is 1. The van der Waals surface area contributed by atoms with E-state index in [4.69, 9.17) is 0 Å². The van der Waals surface area contributed by atoms with Gasteiger partial charge in [-0.15, -0.1) is 0 Å². The second-order valence-electron chi connectivity index (χ2n) is 6.47. The molecule has 0 aliphatic rings. The summed E-state index contributed by atoms with van der Waals surface area (Å²) >= 11 is 1.80.